The molecule has 1 aromatic rings. The molecule has 0 fully saturated rings. The van der Waals surface area contributed by atoms with Crippen LogP contribution < -0.4 is 4.90 Å². The van der Waals surface area contributed by atoms with Crippen LogP contribution in [0.3, 0.4) is 0 Å². The third kappa shape index (κ3) is 3.44. The van der Waals surface area contributed by atoms with Gasteiger partial charge in [-0.15, -0.1) is 6.42 Å². The molecule has 1 rings (SSSR count). The van der Waals surface area contributed by atoms with Crippen molar-refractivity contribution in [3.8, 4) is 12.3 Å². The second-order valence-electron chi connectivity index (χ2n) is 4.50. The number of hydrogen-bond acceptors (Lipinski definition) is 4. The summed E-state index contributed by atoms with van der Waals surface area (Å²) < 4.78 is 0. The van der Waals surface area contributed by atoms with Crippen LogP contribution in [-0.4, -0.2) is 28.2 Å². The van der Waals surface area contributed by atoms with E-state index in [0.29, 0.717) is 12.2 Å². The molecular weight excluding hydrogens is 226 g/mol. The van der Waals surface area contributed by atoms with E-state index in [-0.39, 0.29) is 12.5 Å². The Bertz CT molecular complexity index is 424. The Balaban J connectivity index is 3.10. The molecule has 1 heterocycles. The van der Waals surface area contributed by atoms with Crippen molar-refractivity contribution in [2.75, 3.05) is 18.0 Å². The lowest BCUT2D eigenvalue weighted by Gasteiger charge is -2.23. The summed E-state index contributed by atoms with van der Waals surface area (Å²) >= 11 is 0. The Labute approximate surface area is 109 Å². The highest BCUT2D eigenvalue weighted by atomic mass is 16.3. The lowest BCUT2D eigenvalue weighted by atomic mass is 10.2. The molecule has 0 aliphatic carbocycles. The van der Waals surface area contributed by atoms with Crippen molar-refractivity contribution in [3.05, 3.63) is 17.7 Å². The van der Waals surface area contributed by atoms with Crippen molar-refractivity contribution in [1.82, 2.24) is 9.97 Å². The van der Waals surface area contributed by atoms with Crippen LogP contribution in [0, 0.1) is 12.3 Å². The summed E-state index contributed by atoms with van der Waals surface area (Å²) in [6, 6.07) is 0. The molecule has 0 atom stereocenters. The minimum absolute atomic E-state index is 0.0949. The van der Waals surface area contributed by atoms with Crippen molar-refractivity contribution >= 4 is 5.69 Å². The molecule has 0 amide bonds. The fourth-order valence-corrected chi connectivity index (χ4v) is 1.75. The Morgan fingerprint density at radius 1 is 1.50 bits per heavy atom. The fourth-order valence-electron chi connectivity index (χ4n) is 1.75. The van der Waals surface area contributed by atoms with Crippen LogP contribution in [0.25, 0.3) is 0 Å². The molecule has 0 saturated carbocycles. The van der Waals surface area contributed by atoms with Crippen LogP contribution in [0.15, 0.2) is 6.20 Å². The molecule has 1 aromatic heterocycles. The van der Waals surface area contributed by atoms with Gasteiger partial charge in [0.15, 0.2) is 0 Å². The van der Waals surface area contributed by atoms with Gasteiger partial charge in [-0.25, -0.2) is 9.97 Å². The first-order valence-electron chi connectivity index (χ1n) is 6.29. The number of terminal acetylenes is 1. The topological polar surface area (TPSA) is 49.2 Å². The zero-order valence-electron chi connectivity index (χ0n) is 11.3. The van der Waals surface area contributed by atoms with E-state index >= 15 is 0 Å². The normalized spacial score (nSPS) is 10.4. The van der Waals surface area contributed by atoms with Crippen molar-refractivity contribution in [1.29, 1.82) is 0 Å². The zero-order valence-corrected chi connectivity index (χ0v) is 11.3. The zero-order chi connectivity index (χ0) is 13.5. The van der Waals surface area contributed by atoms with Crippen molar-refractivity contribution in [2.45, 2.75) is 39.7 Å². The van der Waals surface area contributed by atoms with Crippen molar-refractivity contribution < 1.29 is 5.11 Å². The van der Waals surface area contributed by atoms with E-state index in [4.69, 9.17) is 6.42 Å². The van der Waals surface area contributed by atoms with Gasteiger partial charge in [-0.05, 0) is 6.42 Å². The van der Waals surface area contributed by atoms with E-state index in [1.54, 1.807) is 6.20 Å². The summed E-state index contributed by atoms with van der Waals surface area (Å²) in [7, 11) is 0. The maximum absolute atomic E-state index is 9.44. The summed E-state index contributed by atoms with van der Waals surface area (Å²) in [4.78, 5) is 10.8. The van der Waals surface area contributed by atoms with E-state index < -0.39 is 0 Å². The van der Waals surface area contributed by atoms with Gasteiger partial charge in [0.1, 0.15) is 5.82 Å². The lowest BCUT2D eigenvalue weighted by molar-refractivity contribution is 0.276. The van der Waals surface area contributed by atoms with Gasteiger partial charge in [-0.2, -0.15) is 0 Å². The SMILES string of the molecule is C#CCN(CCC)c1cnc(C(C)C)nc1CO. The second-order valence-corrected chi connectivity index (χ2v) is 4.50. The summed E-state index contributed by atoms with van der Waals surface area (Å²) in [5.41, 5.74) is 1.49. The number of hydrogen-bond donors (Lipinski definition) is 1. The lowest BCUT2D eigenvalue weighted by Crippen LogP contribution is -2.26. The van der Waals surface area contributed by atoms with Gasteiger partial charge in [0.25, 0.3) is 0 Å². The molecule has 1 N–H and O–H groups in total. The van der Waals surface area contributed by atoms with Gasteiger partial charge in [0, 0.05) is 12.5 Å². The number of nitrogens with zero attached hydrogens (tertiary/aromatic N) is 3. The standard InChI is InChI=1S/C14H21N3O/c1-5-7-17(8-6-2)13-9-15-14(11(3)4)16-12(13)10-18/h1,9,11,18H,6-8,10H2,2-4H3. The number of anilines is 1. The van der Waals surface area contributed by atoms with Gasteiger partial charge in [-0.3, -0.25) is 0 Å². The first kappa shape index (κ1) is 14.5. The molecule has 4 heteroatoms. The minimum atomic E-state index is -0.0949. The minimum Gasteiger partial charge on any atom is -0.390 e. The highest BCUT2D eigenvalue weighted by Crippen LogP contribution is 2.20. The summed E-state index contributed by atoms with van der Waals surface area (Å²) in [6.45, 7) is 7.39. The first-order valence-corrected chi connectivity index (χ1v) is 6.29. The van der Waals surface area contributed by atoms with Crippen LogP contribution in [0.1, 0.15) is 44.6 Å². The number of aromatic nitrogens is 2. The predicted octanol–water partition coefficient (Wildman–Crippen LogP) is 1.94. The summed E-state index contributed by atoms with van der Waals surface area (Å²) in [6.07, 6.45) is 8.12. The third-order valence-electron chi connectivity index (χ3n) is 2.65. The van der Waals surface area contributed by atoms with E-state index in [1.807, 2.05) is 18.7 Å². The van der Waals surface area contributed by atoms with Crippen LogP contribution >= 0.6 is 0 Å². The van der Waals surface area contributed by atoms with Gasteiger partial charge in [0.2, 0.25) is 0 Å². The van der Waals surface area contributed by atoms with Gasteiger partial charge < -0.3 is 10.0 Å². The molecule has 4 nitrogen and oxygen atoms in total. The van der Waals surface area contributed by atoms with E-state index in [0.717, 1.165) is 24.5 Å². The molecule has 98 valence electrons. The van der Waals surface area contributed by atoms with Gasteiger partial charge in [-0.1, -0.05) is 26.7 Å². The predicted molar refractivity (Wildman–Crippen MR) is 73.4 cm³/mol. The van der Waals surface area contributed by atoms with Crippen LogP contribution in [0.5, 0.6) is 0 Å². The van der Waals surface area contributed by atoms with Crippen molar-refractivity contribution in [2.24, 2.45) is 0 Å². The first-order chi connectivity index (χ1) is 8.63. The number of aliphatic hydroxyl groups is 1. The number of aliphatic hydroxyl groups excluding tert-OH is 1. The van der Waals surface area contributed by atoms with E-state index in [2.05, 4.69) is 22.8 Å². The average molecular weight is 247 g/mol. The molecule has 0 aliphatic heterocycles. The quantitative estimate of drug-likeness (QED) is 0.780. The highest BCUT2D eigenvalue weighted by molar-refractivity contribution is 5.50. The maximum Gasteiger partial charge on any atom is 0.131 e. The van der Waals surface area contributed by atoms with E-state index in [1.165, 1.54) is 0 Å². The summed E-state index contributed by atoms with van der Waals surface area (Å²) in [5, 5.41) is 9.44. The molecule has 18 heavy (non-hydrogen) atoms. The largest absolute Gasteiger partial charge is 0.390 e. The molecule has 0 radical (unpaired) electrons. The molecular formula is C14H21N3O. The third-order valence-corrected chi connectivity index (χ3v) is 2.65. The Kier molecular flexibility index (Phi) is 5.60. The van der Waals surface area contributed by atoms with Crippen LogP contribution in [-0.2, 0) is 6.61 Å². The summed E-state index contributed by atoms with van der Waals surface area (Å²) in [5.74, 6) is 3.63. The van der Waals surface area contributed by atoms with Gasteiger partial charge >= 0.3 is 0 Å². The fraction of sp³-hybridized carbons (Fsp3) is 0.571. The van der Waals surface area contributed by atoms with E-state index in [9.17, 15) is 5.11 Å². The molecule has 0 saturated heterocycles. The molecule has 0 aromatic carbocycles. The van der Waals surface area contributed by atoms with Gasteiger partial charge in [0.05, 0.1) is 30.7 Å². The van der Waals surface area contributed by atoms with Crippen LogP contribution in [0.4, 0.5) is 5.69 Å². The molecule has 0 bridgehead atoms. The van der Waals surface area contributed by atoms with Crippen LogP contribution in [0.2, 0.25) is 0 Å². The maximum atomic E-state index is 9.44. The monoisotopic (exact) mass is 247 g/mol. The smallest absolute Gasteiger partial charge is 0.131 e. The molecule has 0 unspecified atom stereocenters. The Morgan fingerprint density at radius 2 is 2.22 bits per heavy atom. The van der Waals surface area contributed by atoms with Crippen molar-refractivity contribution in [3.63, 3.8) is 0 Å². The molecule has 0 aliphatic rings. The average Bonchev–Trinajstić information content (AvgIpc) is 2.37. The Morgan fingerprint density at radius 3 is 2.72 bits per heavy atom. The Hall–Kier alpha value is -1.60. The second kappa shape index (κ2) is 6.97. The molecule has 0 spiro atoms. The highest BCUT2D eigenvalue weighted by Gasteiger charge is 2.13. The number of rotatable bonds is 6.